The molecule has 0 unspecified atom stereocenters. The van der Waals surface area contributed by atoms with Gasteiger partial charge in [-0.1, -0.05) is 69.3 Å². The van der Waals surface area contributed by atoms with Gasteiger partial charge in [0, 0.05) is 53.5 Å². The highest BCUT2D eigenvalue weighted by atomic mass is 32.1. The molecular weight excluding hydrogens is 713 g/mol. The number of carboxylic acids is 1. The third kappa shape index (κ3) is 8.88. The Balaban J connectivity index is 1.14. The van der Waals surface area contributed by atoms with Crippen molar-refractivity contribution in [3.63, 3.8) is 0 Å². The van der Waals surface area contributed by atoms with Crippen LogP contribution in [0.2, 0.25) is 0 Å². The predicted octanol–water partition coefficient (Wildman–Crippen LogP) is 7.76. The summed E-state index contributed by atoms with van der Waals surface area (Å²) in [5, 5.41) is 12.2. The number of amides is 2. The number of likely N-dealkylation sites (tertiary alicyclic amines) is 1. The van der Waals surface area contributed by atoms with Crippen molar-refractivity contribution in [1.82, 2.24) is 20.2 Å². The zero-order chi connectivity index (χ0) is 38.1. The third-order valence-electron chi connectivity index (χ3n) is 8.72. The van der Waals surface area contributed by atoms with Crippen molar-refractivity contribution >= 4 is 29.1 Å². The van der Waals surface area contributed by atoms with Crippen LogP contribution in [-0.4, -0.2) is 63.3 Å². The van der Waals surface area contributed by atoms with Gasteiger partial charge in [0.2, 0.25) is 5.91 Å². The molecule has 1 aliphatic heterocycles. The fraction of sp³-hybridized carbons (Fsp3) is 0.256. The summed E-state index contributed by atoms with van der Waals surface area (Å²) in [6, 6.07) is 19.4. The van der Waals surface area contributed by atoms with Crippen molar-refractivity contribution < 1.29 is 41.8 Å². The molecule has 53 heavy (non-hydrogen) atoms. The van der Waals surface area contributed by atoms with Crippen molar-refractivity contribution in [2.75, 3.05) is 13.1 Å². The van der Waals surface area contributed by atoms with Crippen molar-refractivity contribution in [2.24, 2.45) is 5.92 Å². The Morgan fingerprint density at radius 3 is 2.08 bits per heavy atom. The Labute approximate surface area is 306 Å². The van der Waals surface area contributed by atoms with Crippen LogP contribution in [-0.2, 0) is 21.4 Å². The molecule has 3 heterocycles. The highest BCUT2D eigenvalue weighted by molar-refractivity contribution is 7.14. The fourth-order valence-corrected chi connectivity index (χ4v) is 6.71. The lowest BCUT2D eigenvalue weighted by Crippen LogP contribution is -2.59. The molecule has 6 rings (SSSR count). The van der Waals surface area contributed by atoms with Gasteiger partial charge in [0.1, 0.15) is 17.6 Å². The maximum atomic E-state index is 15.2. The summed E-state index contributed by atoms with van der Waals surface area (Å²) in [5.41, 5.74) is 2.86. The number of alkyl halides is 3. The summed E-state index contributed by atoms with van der Waals surface area (Å²) in [5.74, 6) is -2.93. The number of aliphatic carboxylic acids is 1. The molecule has 1 saturated heterocycles. The number of thiophene rings is 1. The molecule has 1 aliphatic rings. The first kappa shape index (κ1) is 37.1. The molecule has 0 radical (unpaired) electrons. The number of carboxylic acid groups (broad SMARTS) is 1. The largest absolute Gasteiger partial charge is 0.573 e. The van der Waals surface area contributed by atoms with Crippen LogP contribution >= 0.6 is 11.3 Å². The topological polar surface area (TPSA) is 122 Å². The molecule has 0 bridgehead atoms. The van der Waals surface area contributed by atoms with Gasteiger partial charge in [-0.25, -0.2) is 14.4 Å². The number of nitrogens with zero attached hydrogens (tertiary/aromatic N) is 3. The SMILES string of the molecule is CC(C)(C)c1ccc(C(=O)N[C@@H](Cc2ccc(-c3ncc(-c4ccc(-c5ccc(OC(F)(F)F)cc5)cc4F)cn3)cc2)C(=O)N2CC(C(=O)O)C2)s1. The molecule has 9 nitrogen and oxygen atoms in total. The first-order chi connectivity index (χ1) is 25.0. The average Bonchev–Trinajstić information content (AvgIpc) is 3.59. The Bertz CT molecular complexity index is 2120. The molecule has 2 amide bonds. The van der Waals surface area contributed by atoms with E-state index in [-0.39, 0.29) is 48.1 Å². The zero-order valence-corrected chi connectivity index (χ0v) is 29.6. The Morgan fingerprint density at radius 1 is 0.887 bits per heavy atom. The lowest BCUT2D eigenvalue weighted by molar-refractivity contribution is -0.274. The molecule has 2 N–H and O–H groups in total. The first-order valence-corrected chi connectivity index (χ1v) is 17.4. The van der Waals surface area contributed by atoms with E-state index < -0.39 is 30.1 Å². The number of benzene rings is 3. The summed E-state index contributed by atoms with van der Waals surface area (Å²) in [6.45, 7) is 6.30. The number of hydrogen-bond acceptors (Lipinski definition) is 7. The number of ether oxygens (including phenoxy) is 1. The van der Waals surface area contributed by atoms with E-state index in [0.717, 1.165) is 22.6 Å². The lowest BCUT2D eigenvalue weighted by Gasteiger charge is -2.38. The van der Waals surface area contributed by atoms with E-state index in [1.54, 1.807) is 42.5 Å². The molecule has 1 fully saturated rings. The predicted molar refractivity (Wildman–Crippen MR) is 191 cm³/mol. The normalized spacial score (nSPS) is 14.0. The Hall–Kier alpha value is -5.63. The van der Waals surface area contributed by atoms with Crippen LogP contribution in [0.3, 0.4) is 0 Å². The van der Waals surface area contributed by atoms with Crippen LogP contribution in [0.5, 0.6) is 5.75 Å². The maximum Gasteiger partial charge on any atom is 0.573 e. The van der Waals surface area contributed by atoms with E-state index in [1.165, 1.54) is 46.8 Å². The second-order valence-corrected chi connectivity index (χ2v) is 14.8. The van der Waals surface area contributed by atoms with Gasteiger partial charge in [0.05, 0.1) is 10.8 Å². The Morgan fingerprint density at radius 2 is 1.51 bits per heavy atom. The number of halogens is 4. The van der Waals surface area contributed by atoms with Gasteiger partial charge in [0.15, 0.2) is 5.82 Å². The van der Waals surface area contributed by atoms with E-state index in [2.05, 4.69) is 20.0 Å². The van der Waals surface area contributed by atoms with Gasteiger partial charge >= 0.3 is 12.3 Å². The number of carbonyl (C=O) groups excluding carboxylic acids is 2. The van der Waals surface area contributed by atoms with Gasteiger partial charge in [-0.2, -0.15) is 0 Å². The minimum Gasteiger partial charge on any atom is -0.481 e. The molecule has 1 atom stereocenters. The number of aromatic nitrogens is 2. The highest BCUT2D eigenvalue weighted by Gasteiger charge is 2.39. The van der Waals surface area contributed by atoms with Crippen LogP contribution in [0.25, 0.3) is 33.6 Å². The number of carbonyl (C=O) groups is 3. The molecule has 5 aromatic rings. The van der Waals surface area contributed by atoms with E-state index in [1.807, 2.05) is 26.8 Å². The average molecular weight is 747 g/mol. The number of rotatable bonds is 10. The van der Waals surface area contributed by atoms with Crippen molar-refractivity contribution in [2.45, 2.75) is 45.0 Å². The van der Waals surface area contributed by atoms with Crippen LogP contribution < -0.4 is 10.1 Å². The van der Waals surface area contributed by atoms with Gasteiger partial charge in [0.25, 0.3) is 5.91 Å². The molecular formula is C39H34F4N4O5S. The summed E-state index contributed by atoms with van der Waals surface area (Å²) in [6.07, 6.45) is -1.68. The van der Waals surface area contributed by atoms with Gasteiger partial charge < -0.3 is 20.1 Å². The quantitative estimate of drug-likeness (QED) is 0.140. The monoisotopic (exact) mass is 746 g/mol. The molecule has 2 aromatic heterocycles. The molecule has 274 valence electrons. The zero-order valence-electron chi connectivity index (χ0n) is 28.8. The van der Waals surface area contributed by atoms with Crippen molar-refractivity contribution in [1.29, 1.82) is 0 Å². The smallest absolute Gasteiger partial charge is 0.481 e. The van der Waals surface area contributed by atoms with E-state index in [4.69, 9.17) is 0 Å². The second-order valence-electron chi connectivity index (χ2n) is 13.7. The maximum absolute atomic E-state index is 15.2. The van der Waals surface area contributed by atoms with Crippen LogP contribution in [0.15, 0.2) is 91.3 Å². The lowest BCUT2D eigenvalue weighted by atomic mass is 9.95. The number of hydrogen-bond donors (Lipinski definition) is 2. The number of nitrogens with one attached hydrogen (secondary N) is 1. The molecule has 3 aromatic carbocycles. The summed E-state index contributed by atoms with van der Waals surface area (Å²) in [7, 11) is 0. The van der Waals surface area contributed by atoms with Gasteiger partial charge in [-0.15, -0.1) is 24.5 Å². The van der Waals surface area contributed by atoms with E-state index >= 15 is 4.39 Å². The summed E-state index contributed by atoms with van der Waals surface area (Å²) in [4.78, 5) is 49.9. The molecule has 14 heteroatoms. The standard InChI is InChI=1S/C39H34F4N4O5S/c1-38(2,3)33-15-14-32(53-33)35(48)46-31(36(49)47-20-27(21-47)37(50)51)16-22-4-6-24(7-5-22)34-44-18-26(19-45-34)29-13-10-25(17-30(29)40)23-8-11-28(12-9-23)52-39(41,42)43/h4-15,17-19,27,31H,16,20-21H2,1-3H3,(H,46,48)(H,50,51)/t31-/m0/s1. The van der Waals surface area contributed by atoms with E-state index in [9.17, 15) is 32.7 Å². The van der Waals surface area contributed by atoms with Crippen molar-refractivity contribution in [3.05, 3.63) is 112 Å². The molecule has 0 aliphatic carbocycles. The van der Waals surface area contributed by atoms with Gasteiger partial charge in [-0.05, 0) is 52.4 Å². The second kappa shape index (κ2) is 14.8. The first-order valence-electron chi connectivity index (χ1n) is 16.5. The minimum atomic E-state index is -4.81. The molecule has 0 saturated carbocycles. The van der Waals surface area contributed by atoms with Crippen molar-refractivity contribution in [3.8, 4) is 39.4 Å². The summed E-state index contributed by atoms with van der Waals surface area (Å²) < 4.78 is 56.5. The van der Waals surface area contributed by atoms with Crippen LogP contribution in [0.1, 0.15) is 40.9 Å². The molecule has 0 spiro atoms. The fourth-order valence-electron chi connectivity index (χ4n) is 5.75. The van der Waals surface area contributed by atoms with E-state index in [0.29, 0.717) is 33.0 Å². The third-order valence-corrected chi connectivity index (χ3v) is 10.2. The van der Waals surface area contributed by atoms with Crippen LogP contribution in [0.4, 0.5) is 17.6 Å². The summed E-state index contributed by atoms with van der Waals surface area (Å²) >= 11 is 1.36. The highest BCUT2D eigenvalue weighted by Crippen LogP contribution is 2.32. The van der Waals surface area contributed by atoms with Gasteiger partial charge in [-0.3, -0.25) is 14.4 Å². The Kier molecular flexibility index (Phi) is 10.4. The minimum absolute atomic E-state index is 0.0754. The van der Waals surface area contributed by atoms with Crippen LogP contribution in [0, 0.1) is 11.7 Å².